The van der Waals surface area contributed by atoms with E-state index in [4.69, 9.17) is 4.74 Å². The first-order valence-corrected chi connectivity index (χ1v) is 8.79. The predicted octanol–water partition coefficient (Wildman–Crippen LogP) is 0.989. The normalized spacial score (nSPS) is 24.0. The highest BCUT2D eigenvalue weighted by atomic mass is 32.2. The minimum Gasteiger partial charge on any atom is -0.372 e. The number of amides is 1. The van der Waals surface area contributed by atoms with Crippen LogP contribution in [-0.4, -0.2) is 50.6 Å². The van der Waals surface area contributed by atoms with Gasteiger partial charge >= 0.3 is 0 Å². The molecule has 0 bridgehead atoms. The van der Waals surface area contributed by atoms with Crippen molar-refractivity contribution in [1.82, 2.24) is 9.62 Å². The largest absolute Gasteiger partial charge is 0.372 e. The molecule has 0 aromatic heterocycles. The Balaban J connectivity index is 2.05. The maximum Gasteiger partial charge on any atom is 0.241 e. The molecule has 1 aromatic carbocycles. The molecule has 1 saturated heterocycles. The van der Waals surface area contributed by atoms with Crippen molar-refractivity contribution in [2.24, 2.45) is 0 Å². The van der Waals surface area contributed by atoms with Gasteiger partial charge in [-0.05, 0) is 32.9 Å². The molecule has 1 N–H and O–H groups in total. The fraction of sp³-hybridized carbons (Fsp3) is 0.533. The highest BCUT2D eigenvalue weighted by Crippen LogP contribution is 2.13. The molecule has 3 atom stereocenters. The summed E-state index contributed by atoms with van der Waals surface area (Å²) in [5.74, 6) is -0.235. The van der Waals surface area contributed by atoms with Crippen LogP contribution < -0.4 is 4.72 Å². The molecule has 1 aliphatic heterocycles. The van der Waals surface area contributed by atoms with E-state index >= 15 is 0 Å². The molecule has 1 fully saturated rings. The molecular formula is C15H22N2O4S. The summed E-state index contributed by atoms with van der Waals surface area (Å²) >= 11 is 0. The molecule has 7 heteroatoms. The molecular weight excluding hydrogens is 304 g/mol. The molecule has 122 valence electrons. The zero-order chi connectivity index (χ0) is 16.3. The zero-order valence-corrected chi connectivity index (χ0v) is 13.8. The topological polar surface area (TPSA) is 75.7 Å². The van der Waals surface area contributed by atoms with Crippen LogP contribution in [0.2, 0.25) is 0 Å². The smallest absolute Gasteiger partial charge is 0.241 e. The van der Waals surface area contributed by atoms with Crippen LogP contribution in [0, 0.1) is 0 Å². The Morgan fingerprint density at radius 3 is 2.32 bits per heavy atom. The van der Waals surface area contributed by atoms with Crippen LogP contribution in [0.4, 0.5) is 0 Å². The lowest BCUT2D eigenvalue weighted by atomic mass is 10.2. The molecule has 1 aromatic rings. The Morgan fingerprint density at radius 2 is 1.77 bits per heavy atom. The van der Waals surface area contributed by atoms with Gasteiger partial charge in [0.25, 0.3) is 0 Å². The number of nitrogens with zero attached hydrogens (tertiary/aromatic N) is 1. The number of ether oxygens (including phenoxy) is 1. The van der Waals surface area contributed by atoms with Gasteiger partial charge in [0.2, 0.25) is 15.9 Å². The second-order valence-corrected chi connectivity index (χ2v) is 7.37. The monoisotopic (exact) mass is 326 g/mol. The van der Waals surface area contributed by atoms with Gasteiger partial charge in [-0.2, -0.15) is 4.72 Å². The average Bonchev–Trinajstić information content (AvgIpc) is 2.46. The van der Waals surface area contributed by atoms with Crippen LogP contribution >= 0.6 is 0 Å². The van der Waals surface area contributed by atoms with Gasteiger partial charge in [0, 0.05) is 13.1 Å². The van der Waals surface area contributed by atoms with E-state index in [9.17, 15) is 13.2 Å². The molecule has 1 heterocycles. The Labute approximate surface area is 131 Å². The number of nitrogens with one attached hydrogen (secondary N) is 1. The van der Waals surface area contributed by atoms with E-state index < -0.39 is 16.1 Å². The fourth-order valence-electron chi connectivity index (χ4n) is 2.58. The van der Waals surface area contributed by atoms with Gasteiger partial charge in [-0.25, -0.2) is 8.42 Å². The van der Waals surface area contributed by atoms with E-state index in [1.165, 1.54) is 12.1 Å². The van der Waals surface area contributed by atoms with Crippen LogP contribution in [0.3, 0.4) is 0 Å². The third kappa shape index (κ3) is 4.06. The Bertz CT molecular complexity index is 608. The van der Waals surface area contributed by atoms with Crippen molar-refractivity contribution >= 4 is 15.9 Å². The summed E-state index contributed by atoms with van der Waals surface area (Å²) in [6.07, 6.45) is -0.101. The maximum atomic E-state index is 12.4. The molecule has 3 unspecified atom stereocenters. The first kappa shape index (κ1) is 16.9. The van der Waals surface area contributed by atoms with Gasteiger partial charge in [-0.3, -0.25) is 4.79 Å². The molecule has 6 nitrogen and oxygen atoms in total. The lowest BCUT2D eigenvalue weighted by Gasteiger charge is -2.36. The van der Waals surface area contributed by atoms with Gasteiger partial charge in [0.15, 0.2) is 0 Å². The summed E-state index contributed by atoms with van der Waals surface area (Å²) in [6.45, 7) is 6.30. The Morgan fingerprint density at radius 1 is 1.23 bits per heavy atom. The summed E-state index contributed by atoms with van der Waals surface area (Å²) in [5, 5.41) is 0. The fourth-order valence-corrected chi connectivity index (χ4v) is 3.80. The SMILES string of the molecule is CC1CN(C(=O)C(C)NS(=O)(=O)c2ccccc2)CC(C)O1. The molecule has 0 spiro atoms. The van der Waals surface area contributed by atoms with Crippen molar-refractivity contribution in [2.45, 2.75) is 43.9 Å². The lowest BCUT2D eigenvalue weighted by molar-refractivity contribution is -0.144. The van der Waals surface area contributed by atoms with Gasteiger partial charge in [-0.15, -0.1) is 0 Å². The number of carbonyl (C=O) groups is 1. The number of hydrogen-bond donors (Lipinski definition) is 1. The number of hydrogen-bond acceptors (Lipinski definition) is 4. The number of carbonyl (C=O) groups excluding carboxylic acids is 1. The molecule has 22 heavy (non-hydrogen) atoms. The van der Waals surface area contributed by atoms with E-state index in [0.29, 0.717) is 13.1 Å². The van der Waals surface area contributed by atoms with Gasteiger partial charge in [0.05, 0.1) is 23.1 Å². The summed E-state index contributed by atoms with van der Waals surface area (Å²) in [6, 6.07) is 7.21. The maximum absolute atomic E-state index is 12.4. The highest BCUT2D eigenvalue weighted by Gasteiger charge is 2.30. The number of benzene rings is 1. The average molecular weight is 326 g/mol. The van der Waals surface area contributed by atoms with Crippen LogP contribution in [0.15, 0.2) is 35.2 Å². The molecule has 1 aliphatic rings. The van der Waals surface area contributed by atoms with Crippen molar-refractivity contribution < 1.29 is 17.9 Å². The lowest BCUT2D eigenvalue weighted by Crippen LogP contribution is -2.54. The van der Waals surface area contributed by atoms with Gasteiger partial charge in [-0.1, -0.05) is 18.2 Å². The summed E-state index contributed by atoms with van der Waals surface area (Å²) in [5.41, 5.74) is 0. The number of morpholine rings is 1. The predicted molar refractivity (Wildman–Crippen MR) is 82.8 cm³/mol. The van der Waals surface area contributed by atoms with E-state index in [1.807, 2.05) is 13.8 Å². The van der Waals surface area contributed by atoms with Crippen LogP contribution in [0.1, 0.15) is 20.8 Å². The van der Waals surface area contributed by atoms with E-state index in [-0.39, 0.29) is 23.0 Å². The minimum absolute atomic E-state index is 0.0503. The number of sulfonamides is 1. The first-order chi connectivity index (χ1) is 10.3. The summed E-state index contributed by atoms with van der Waals surface area (Å²) in [7, 11) is -3.70. The molecule has 0 radical (unpaired) electrons. The molecule has 0 aliphatic carbocycles. The van der Waals surface area contributed by atoms with Gasteiger partial charge < -0.3 is 9.64 Å². The summed E-state index contributed by atoms with van der Waals surface area (Å²) < 4.78 is 32.5. The second-order valence-electron chi connectivity index (χ2n) is 5.66. The zero-order valence-electron chi connectivity index (χ0n) is 13.0. The molecule has 1 amide bonds. The first-order valence-electron chi connectivity index (χ1n) is 7.31. The van der Waals surface area contributed by atoms with Crippen LogP contribution in [0.25, 0.3) is 0 Å². The number of rotatable bonds is 4. The van der Waals surface area contributed by atoms with Crippen molar-refractivity contribution in [1.29, 1.82) is 0 Å². The van der Waals surface area contributed by atoms with Crippen LogP contribution in [-0.2, 0) is 19.6 Å². The van der Waals surface area contributed by atoms with Crippen LogP contribution in [0.5, 0.6) is 0 Å². The standard InChI is InChI=1S/C15H22N2O4S/c1-11-9-17(10-12(2)21-11)15(18)13(3)16-22(19,20)14-7-5-4-6-8-14/h4-8,11-13,16H,9-10H2,1-3H3. The Kier molecular flexibility index (Phi) is 5.20. The van der Waals surface area contributed by atoms with E-state index in [2.05, 4.69) is 4.72 Å². The molecule has 0 saturated carbocycles. The van der Waals surface area contributed by atoms with Crippen molar-refractivity contribution in [3.05, 3.63) is 30.3 Å². The highest BCUT2D eigenvalue weighted by molar-refractivity contribution is 7.89. The Hall–Kier alpha value is -1.44. The molecule has 2 rings (SSSR count). The van der Waals surface area contributed by atoms with E-state index in [1.54, 1.807) is 30.0 Å². The second kappa shape index (κ2) is 6.76. The summed E-state index contributed by atoms with van der Waals surface area (Å²) in [4.78, 5) is 14.2. The third-order valence-corrected chi connectivity index (χ3v) is 5.04. The van der Waals surface area contributed by atoms with Crippen molar-refractivity contribution in [2.75, 3.05) is 13.1 Å². The minimum atomic E-state index is -3.70. The van der Waals surface area contributed by atoms with Gasteiger partial charge in [0.1, 0.15) is 0 Å². The quantitative estimate of drug-likeness (QED) is 0.895. The van der Waals surface area contributed by atoms with Crippen molar-refractivity contribution in [3.8, 4) is 0 Å². The van der Waals surface area contributed by atoms with E-state index in [0.717, 1.165) is 0 Å². The van der Waals surface area contributed by atoms with Crippen molar-refractivity contribution in [3.63, 3.8) is 0 Å². The third-order valence-electron chi connectivity index (χ3n) is 3.49.